The van der Waals surface area contributed by atoms with Crippen LogP contribution in [0.4, 0.5) is 11.4 Å². The van der Waals surface area contributed by atoms with Crippen molar-refractivity contribution in [3.05, 3.63) is 54.1 Å². The molecule has 4 rings (SSSR count). The van der Waals surface area contributed by atoms with E-state index in [0.717, 1.165) is 29.8 Å². The average molecular weight is 394 g/mol. The molecule has 5 heteroatoms. The first-order valence-corrected chi connectivity index (χ1v) is 10.9. The second-order valence-electron chi connectivity index (χ2n) is 8.09. The molecule has 1 fully saturated rings. The number of carbonyl (C=O) groups is 1. The van der Waals surface area contributed by atoms with Crippen molar-refractivity contribution in [1.29, 1.82) is 0 Å². The van der Waals surface area contributed by atoms with E-state index in [1.165, 1.54) is 45.3 Å². The van der Waals surface area contributed by atoms with Crippen LogP contribution in [0, 0.1) is 0 Å². The lowest BCUT2D eigenvalue weighted by molar-refractivity contribution is -0.126. The van der Waals surface area contributed by atoms with Gasteiger partial charge in [-0.1, -0.05) is 43.2 Å². The Morgan fingerprint density at radius 1 is 0.931 bits per heavy atom. The summed E-state index contributed by atoms with van der Waals surface area (Å²) in [7, 11) is 0. The summed E-state index contributed by atoms with van der Waals surface area (Å²) < 4.78 is 6.07. The normalized spacial score (nSPS) is 19.7. The third-order valence-electron chi connectivity index (χ3n) is 5.92. The number of anilines is 2. The summed E-state index contributed by atoms with van der Waals surface area (Å²) in [6, 6.07) is 15.3. The molecular formula is C24H31N3O2. The fourth-order valence-electron chi connectivity index (χ4n) is 4.32. The fourth-order valence-corrected chi connectivity index (χ4v) is 4.32. The van der Waals surface area contributed by atoms with Crippen LogP contribution in [-0.4, -0.2) is 37.0 Å². The number of amides is 1. The van der Waals surface area contributed by atoms with Gasteiger partial charge in [0.05, 0.1) is 5.69 Å². The lowest BCUT2D eigenvalue weighted by atomic mass is 10.0. The largest absolute Gasteiger partial charge is 0.474 e. The van der Waals surface area contributed by atoms with Gasteiger partial charge in [0.25, 0.3) is 5.91 Å². The molecule has 2 aliphatic heterocycles. The summed E-state index contributed by atoms with van der Waals surface area (Å²) >= 11 is 0. The molecule has 154 valence electrons. The predicted molar refractivity (Wildman–Crippen MR) is 117 cm³/mol. The summed E-state index contributed by atoms with van der Waals surface area (Å²) in [5.74, 6) is 0.714. The zero-order valence-electron chi connectivity index (χ0n) is 17.1. The standard InChI is InChI=1S/C24H31N3O2/c25-20-12-13-22-21(18-20)27(17-9-3-8-16-26-14-6-2-7-15-26)24(28)23(29-22)19-10-4-1-5-11-19/h1,4-5,10-13,18,23H,2-3,6-9,14-17,25H2. The second-order valence-corrected chi connectivity index (χ2v) is 8.09. The van der Waals surface area contributed by atoms with Crippen molar-refractivity contribution in [1.82, 2.24) is 4.90 Å². The lowest BCUT2D eigenvalue weighted by Gasteiger charge is -2.35. The topological polar surface area (TPSA) is 58.8 Å². The number of unbranched alkanes of at least 4 members (excludes halogenated alkanes) is 2. The highest BCUT2D eigenvalue weighted by Gasteiger charge is 2.35. The molecule has 2 N–H and O–H groups in total. The van der Waals surface area contributed by atoms with E-state index in [1.807, 2.05) is 53.4 Å². The van der Waals surface area contributed by atoms with Crippen molar-refractivity contribution in [3.63, 3.8) is 0 Å². The Labute approximate surface area is 173 Å². The van der Waals surface area contributed by atoms with Crippen LogP contribution >= 0.6 is 0 Å². The van der Waals surface area contributed by atoms with Crippen LogP contribution in [0.2, 0.25) is 0 Å². The first kappa shape index (κ1) is 19.8. The van der Waals surface area contributed by atoms with Gasteiger partial charge in [0.15, 0.2) is 0 Å². The Morgan fingerprint density at radius 3 is 2.48 bits per heavy atom. The van der Waals surface area contributed by atoms with Crippen LogP contribution < -0.4 is 15.4 Å². The van der Waals surface area contributed by atoms with Crippen LogP contribution in [0.5, 0.6) is 5.75 Å². The van der Waals surface area contributed by atoms with E-state index in [0.29, 0.717) is 12.2 Å². The van der Waals surface area contributed by atoms with Crippen LogP contribution in [0.25, 0.3) is 0 Å². The van der Waals surface area contributed by atoms with Gasteiger partial charge in [-0.2, -0.15) is 0 Å². The summed E-state index contributed by atoms with van der Waals surface area (Å²) in [4.78, 5) is 17.7. The second kappa shape index (κ2) is 9.31. The number of benzene rings is 2. The molecule has 2 aliphatic rings. The first-order chi connectivity index (χ1) is 14.2. The van der Waals surface area contributed by atoms with E-state index in [-0.39, 0.29) is 5.91 Å². The molecule has 1 saturated heterocycles. The quantitative estimate of drug-likeness (QED) is 0.560. The molecule has 29 heavy (non-hydrogen) atoms. The predicted octanol–water partition coefficient (Wildman–Crippen LogP) is 4.39. The number of likely N-dealkylation sites (tertiary alicyclic amines) is 1. The highest BCUT2D eigenvalue weighted by molar-refractivity contribution is 6.01. The van der Waals surface area contributed by atoms with E-state index in [4.69, 9.17) is 10.5 Å². The maximum atomic E-state index is 13.3. The van der Waals surface area contributed by atoms with Gasteiger partial charge in [-0.15, -0.1) is 0 Å². The SMILES string of the molecule is Nc1ccc2c(c1)N(CCCCCN1CCCCC1)C(=O)C(c1ccccc1)O2. The monoisotopic (exact) mass is 393 g/mol. The van der Waals surface area contributed by atoms with Crippen molar-refractivity contribution >= 4 is 17.3 Å². The zero-order chi connectivity index (χ0) is 20.1. The Balaban J connectivity index is 1.41. The van der Waals surface area contributed by atoms with Crippen LogP contribution in [0.1, 0.15) is 50.2 Å². The third kappa shape index (κ3) is 4.73. The molecular weight excluding hydrogens is 362 g/mol. The third-order valence-corrected chi connectivity index (χ3v) is 5.92. The minimum atomic E-state index is -0.597. The Hall–Kier alpha value is -2.53. The molecule has 0 aliphatic carbocycles. The van der Waals surface area contributed by atoms with Crippen molar-refractivity contribution in [2.45, 2.75) is 44.6 Å². The molecule has 2 aromatic carbocycles. The van der Waals surface area contributed by atoms with Gasteiger partial charge in [0.1, 0.15) is 5.75 Å². The number of hydrogen-bond donors (Lipinski definition) is 1. The molecule has 2 heterocycles. The molecule has 0 aromatic heterocycles. The van der Waals surface area contributed by atoms with Gasteiger partial charge in [-0.25, -0.2) is 0 Å². The van der Waals surface area contributed by atoms with Crippen molar-refractivity contribution in [3.8, 4) is 5.75 Å². The highest BCUT2D eigenvalue weighted by Crippen LogP contribution is 2.40. The minimum Gasteiger partial charge on any atom is -0.474 e. The van der Waals surface area contributed by atoms with E-state index >= 15 is 0 Å². The average Bonchev–Trinajstić information content (AvgIpc) is 2.76. The van der Waals surface area contributed by atoms with Crippen LogP contribution in [0.15, 0.2) is 48.5 Å². The van der Waals surface area contributed by atoms with E-state index in [2.05, 4.69) is 4.90 Å². The molecule has 5 nitrogen and oxygen atoms in total. The molecule has 2 aromatic rings. The molecule has 0 radical (unpaired) electrons. The minimum absolute atomic E-state index is 0.00895. The number of ether oxygens (including phenoxy) is 1. The number of hydrogen-bond acceptors (Lipinski definition) is 4. The van der Waals surface area contributed by atoms with Gasteiger partial charge in [-0.3, -0.25) is 4.79 Å². The van der Waals surface area contributed by atoms with E-state index < -0.39 is 6.10 Å². The summed E-state index contributed by atoms with van der Waals surface area (Å²) in [5, 5.41) is 0. The lowest BCUT2D eigenvalue weighted by Crippen LogP contribution is -2.41. The van der Waals surface area contributed by atoms with Crippen molar-refractivity contribution in [2.75, 3.05) is 36.8 Å². The summed E-state index contributed by atoms with van der Waals surface area (Å²) in [6.07, 6.45) is 6.73. The van der Waals surface area contributed by atoms with Crippen LogP contribution in [-0.2, 0) is 4.79 Å². The van der Waals surface area contributed by atoms with Crippen molar-refractivity contribution in [2.24, 2.45) is 0 Å². The summed E-state index contributed by atoms with van der Waals surface area (Å²) in [6.45, 7) is 4.36. The number of nitrogens with zero attached hydrogens (tertiary/aromatic N) is 2. The molecule has 0 spiro atoms. The fraction of sp³-hybridized carbons (Fsp3) is 0.458. The van der Waals surface area contributed by atoms with Gasteiger partial charge in [0.2, 0.25) is 6.10 Å². The molecule has 1 unspecified atom stereocenters. The number of fused-ring (bicyclic) bond motifs is 1. The molecule has 0 saturated carbocycles. The zero-order valence-corrected chi connectivity index (χ0v) is 17.1. The number of nitrogen functional groups attached to an aromatic ring is 1. The molecule has 1 atom stereocenters. The summed E-state index contributed by atoms with van der Waals surface area (Å²) in [5.41, 5.74) is 8.32. The van der Waals surface area contributed by atoms with Gasteiger partial charge >= 0.3 is 0 Å². The molecule has 0 bridgehead atoms. The maximum Gasteiger partial charge on any atom is 0.272 e. The van der Waals surface area contributed by atoms with Gasteiger partial charge in [0, 0.05) is 17.8 Å². The first-order valence-electron chi connectivity index (χ1n) is 10.9. The Kier molecular flexibility index (Phi) is 6.35. The van der Waals surface area contributed by atoms with E-state index in [1.54, 1.807) is 0 Å². The van der Waals surface area contributed by atoms with Gasteiger partial charge < -0.3 is 20.3 Å². The smallest absolute Gasteiger partial charge is 0.272 e. The van der Waals surface area contributed by atoms with E-state index in [9.17, 15) is 4.79 Å². The maximum absolute atomic E-state index is 13.3. The molecule has 1 amide bonds. The van der Waals surface area contributed by atoms with Gasteiger partial charge in [-0.05, 0) is 63.5 Å². The number of nitrogens with two attached hydrogens (primary N) is 1. The Morgan fingerprint density at radius 2 is 1.69 bits per heavy atom. The highest BCUT2D eigenvalue weighted by atomic mass is 16.5. The Bertz CT molecular complexity index is 818. The number of piperidine rings is 1. The number of rotatable bonds is 7. The van der Waals surface area contributed by atoms with Crippen LogP contribution in [0.3, 0.4) is 0 Å². The van der Waals surface area contributed by atoms with Crippen molar-refractivity contribution < 1.29 is 9.53 Å². The number of carbonyl (C=O) groups excluding carboxylic acids is 1.